The molecule has 0 saturated heterocycles. The minimum atomic E-state index is -0.00174. The SMILES string of the molecule is CSC1(C(C)=O)CCCCC1. The number of hydrogen-bond donors (Lipinski definition) is 0. The van der Waals surface area contributed by atoms with Gasteiger partial charge in [-0.25, -0.2) is 0 Å². The van der Waals surface area contributed by atoms with Crippen molar-refractivity contribution >= 4 is 17.5 Å². The molecule has 0 aliphatic heterocycles. The molecule has 1 rings (SSSR count). The number of Topliss-reactive ketones (excluding diaryl/α,β-unsaturated/α-hetero) is 1. The van der Waals surface area contributed by atoms with Crippen molar-refractivity contribution in [3.05, 3.63) is 0 Å². The molecule has 0 bridgehead atoms. The zero-order valence-corrected chi connectivity index (χ0v) is 8.17. The van der Waals surface area contributed by atoms with E-state index in [1.165, 1.54) is 19.3 Å². The van der Waals surface area contributed by atoms with E-state index in [1.807, 2.05) is 0 Å². The highest BCUT2D eigenvalue weighted by molar-refractivity contribution is 8.00. The number of thioether (sulfide) groups is 1. The Bertz CT molecular complexity index is 148. The van der Waals surface area contributed by atoms with Gasteiger partial charge in [-0.1, -0.05) is 19.3 Å². The third-order valence-electron chi connectivity index (χ3n) is 2.69. The van der Waals surface area contributed by atoms with Gasteiger partial charge in [0, 0.05) is 0 Å². The maximum absolute atomic E-state index is 11.3. The van der Waals surface area contributed by atoms with Crippen LogP contribution < -0.4 is 0 Å². The smallest absolute Gasteiger partial charge is 0.145 e. The van der Waals surface area contributed by atoms with Gasteiger partial charge >= 0.3 is 0 Å². The van der Waals surface area contributed by atoms with Crippen molar-refractivity contribution in [2.45, 2.75) is 43.8 Å². The first-order chi connectivity index (χ1) is 5.21. The van der Waals surface area contributed by atoms with Crippen molar-refractivity contribution in [2.75, 3.05) is 6.26 Å². The average molecular weight is 172 g/mol. The predicted octanol–water partition coefficient (Wildman–Crippen LogP) is 2.64. The van der Waals surface area contributed by atoms with Gasteiger partial charge in [0.15, 0.2) is 0 Å². The molecule has 1 nitrogen and oxygen atoms in total. The molecule has 2 heteroatoms. The van der Waals surface area contributed by atoms with Crippen molar-refractivity contribution in [1.82, 2.24) is 0 Å². The maximum atomic E-state index is 11.3. The molecule has 64 valence electrons. The van der Waals surface area contributed by atoms with Crippen LogP contribution in [0.15, 0.2) is 0 Å². The number of carbonyl (C=O) groups excluding carboxylic acids is 1. The predicted molar refractivity (Wildman–Crippen MR) is 50.0 cm³/mol. The molecular formula is C9H16OS. The van der Waals surface area contributed by atoms with Crippen molar-refractivity contribution in [1.29, 1.82) is 0 Å². The Morgan fingerprint density at radius 3 is 2.09 bits per heavy atom. The molecule has 0 N–H and O–H groups in total. The Morgan fingerprint density at radius 1 is 1.27 bits per heavy atom. The number of carbonyl (C=O) groups is 1. The van der Waals surface area contributed by atoms with Gasteiger partial charge in [-0.05, 0) is 26.0 Å². The molecule has 1 saturated carbocycles. The summed E-state index contributed by atoms with van der Waals surface area (Å²) in [4.78, 5) is 11.3. The summed E-state index contributed by atoms with van der Waals surface area (Å²) in [5, 5.41) is 0. The summed E-state index contributed by atoms with van der Waals surface area (Å²) < 4.78 is -0.00174. The van der Waals surface area contributed by atoms with Crippen LogP contribution in [0.1, 0.15) is 39.0 Å². The van der Waals surface area contributed by atoms with Gasteiger partial charge < -0.3 is 0 Å². The molecule has 0 heterocycles. The lowest BCUT2D eigenvalue weighted by atomic mass is 9.86. The first-order valence-electron chi connectivity index (χ1n) is 4.27. The van der Waals surface area contributed by atoms with Crippen LogP contribution in [0.25, 0.3) is 0 Å². The summed E-state index contributed by atoms with van der Waals surface area (Å²) in [6.45, 7) is 1.74. The van der Waals surface area contributed by atoms with E-state index in [2.05, 4.69) is 6.26 Å². The minimum Gasteiger partial charge on any atom is -0.298 e. The summed E-state index contributed by atoms with van der Waals surface area (Å²) in [5.74, 6) is 0.379. The lowest BCUT2D eigenvalue weighted by molar-refractivity contribution is -0.120. The Morgan fingerprint density at radius 2 is 1.82 bits per heavy atom. The molecule has 0 aromatic rings. The summed E-state index contributed by atoms with van der Waals surface area (Å²) >= 11 is 1.75. The first kappa shape index (κ1) is 9.11. The minimum absolute atomic E-state index is 0.00174. The van der Waals surface area contributed by atoms with Gasteiger partial charge in [-0.3, -0.25) is 4.79 Å². The summed E-state index contributed by atoms with van der Waals surface area (Å²) in [5.41, 5.74) is 0. The highest BCUT2D eigenvalue weighted by Gasteiger charge is 2.35. The van der Waals surface area contributed by atoms with Crippen LogP contribution in [0.5, 0.6) is 0 Å². The molecule has 0 radical (unpaired) electrons. The van der Waals surface area contributed by atoms with Gasteiger partial charge in [0.05, 0.1) is 4.75 Å². The molecule has 1 aliphatic rings. The first-order valence-corrected chi connectivity index (χ1v) is 5.50. The monoisotopic (exact) mass is 172 g/mol. The van der Waals surface area contributed by atoms with Gasteiger partial charge in [0.2, 0.25) is 0 Å². The Kier molecular flexibility index (Phi) is 2.99. The Labute approximate surface area is 72.9 Å². The van der Waals surface area contributed by atoms with E-state index in [4.69, 9.17) is 0 Å². The molecule has 1 aliphatic carbocycles. The van der Waals surface area contributed by atoms with Gasteiger partial charge in [0.25, 0.3) is 0 Å². The van der Waals surface area contributed by atoms with Gasteiger partial charge in [0.1, 0.15) is 5.78 Å². The van der Waals surface area contributed by atoms with Crippen LogP contribution in [-0.2, 0) is 4.79 Å². The molecule has 0 unspecified atom stereocenters. The van der Waals surface area contributed by atoms with Crippen molar-refractivity contribution < 1.29 is 4.79 Å². The summed E-state index contributed by atoms with van der Waals surface area (Å²) in [7, 11) is 0. The highest BCUT2D eigenvalue weighted by Crippen LogP contribution is 2.38. The normalized spacial score (nSPS) is 23.1. The molecule has 0 aromatic carbocycles. The van der Waals surface area contributed by atoms with Crippen molar-refractivity contribution in [2.24, 2.45) is 0 Å². The van der Waals surface area contributed by atoms with Crippen LogP contribution in [0.4, 0.5) is 0 Å². The van der Waals surface area contributed by atoms with E-state index in [0.717, 1.165) is 12.8 Å². The largest absolute Gasteiger partial charge is 0.298 e. The van der Waals surface area contributed by atoms with E-state index in [9.17, 15) is 4.79 Å². The third-order valence-corrected chi connectivity index (χ3v) is 4.17. The second kappa shape index (κ2) is 3.61. The fraction of sp³-hybridized carbons (Fsp3) is 0.889. The number of hydrogen-bond acceptors (Lipinski definition) is 2. The average Bonchev–Trinajstić information content (AvgIpc) is 2.05. The lowest BCUT2D eigenvalue weighted by Crippen LogP contribution is -2.35. The lowest BCUT2D eigenvalue weighted by Gasteiger charge is -2.32. The molecule has 0 amide bonds. The zero-order valence-electron chi connectivity index (χ0n) is 7.35. The van der Waals surface area contributed by atoms with Crippen LogP contribution in [-0.4, -0.2) is 16.8 Å². The maximum Gasteiger partial charge on any atom is 0.145 e. The second-order valence-corrected chi connectivity index (χ2v) is 4.50. The standard InChI is InChI=1S/C9H16OS/c1-8(10)9(11-2)6-4-3-5-7-9/h3-7H2,1-2H3. The van der Waals surface area contributed by atoms with Crippen LogP contribution in [0.2, 0.25) is 0 Å². The third kappa shape index (κ3) is 1.78. The van der Waals surface area contributed by atoms with E-state index >= 15 is 0 Å². The zero-order chi connectivity index (χ0) is 8.32. The van der Waals surface area contributed by atoms with E-state index in [-0.39, 0.29) is 4.75 Å². The fourth-order valence-electron chi connectivity index (χ4n) is 1.82. The highest BCUT2D eigenvalue weighted by atomic mass is 32.2. The van der Waals surface area contributed by atoms with Crippen LogP contribution >= 0.6 is 11.8 Å². The van der Waals surface area contributed by atoms with E-state index in [0.29, 0.717) is 5.78 Å². The number of rotatable bonds is 2. The van der Waals surface area contributed by atoms with Gasteiger partial charge in [-0.15, -0.1) is 0 Å². The molecule has 11 heavy (non-hydrogen) atoms. The Hall–Kier alpha value is 0.0200. The molecule has 0 atom stereocenters. The molecule has 0 aromatic heterocycles. The topological polar surface area (TPSA) is 17.1 Å². The molecule has 0 spiro atoms. The fourth-order valence-corrected chi connectivity index (χ4v) is 2.81. The molecular weight excluding hydrogens is 156 g/mol. The van der Waals surface area contributed by atoms with Crippen molar-refractivity contribution in [3.8, 4) is 0 Å². The van der Waals surface area contributed by atoms with Crippen LogP contribution in [0, 0.1) is 0 Å². The summed E-state index contributed by atoms with van der Waals surface area (Å²) in [6, 6.07) is 0. The quantitative estimate of drug-likeness (QED) is 0.637. The van der Waals surface area contributed by atoms with Crippen LogP contribution in [0.3, 0.4) is 0 Å². The number of ketones is 1. The van der Waals surface area contributed by atoms with Gasteiger partial charge in [-0.2, -0.15) is 11.8 Å². The summed E-state index contributed by atoms with van der Waals surface area (Å²) in [6.07, 6.45) is 8.05. The molecule has 1 fully saturated rings. The van der Waals surface area contributed by atoms with Crippen molar-refractivity contribution in [3.63, 3.8) is 0 Å². The van der Waals surface area contributed by atoms with E-state index in [1.54, 1.807) is 18.7 Å². The van der Waals surface area contributed by atoms with E-state index < -0.39 is 0 Å². The second-order valence-electron chi connectivity index (χ2n) is 3.32. The Balaban J connectivity index is 2.64.